The van der Waals surface area contributed by atoms with Gasteiger partial charge < -0.3 is 8.98 Å². The fraction of sp³-hybridized carbons (Fsp3) is 0.200. The molecule has 4 heteroatoms. The van der Waals surface area contributed by atoms with Crippen molar-refractivity contribution >= 4 is 28.7 Å². The summed E-state index contributed by atoms with van der Waals surface area (Å²) in [6.45, 7) is 10.7. The molecule has 194 valence electrons. The predicted molar refractivity (Wildman–Crippen MR) is 157 cm³/mol. The number of Topliss-reactive ketones (excluding diaryl/α,β-unsaturated/α-hetero) is 2. The van der Waals surface area contributed by atoms with Gasteiger partial charge in [0.2, 0.25) is 0 Å². The van der Waals surface area contributed by atoms with Gasteiger partial charge in [0.15, 0.2) is 17.1 Å². The zero-order valence-corrected chi connectivity index (χ0v) is 22.9. The highest BCUT2D eigenvalue weighted by Gasteiger charge is 2.34. The van der Waals surface area contributed by atoms with Gasteiger partial charge in [-0.15, -0.1) is 0 Å². The van der Waals surface area contributed by atoms with Crippen molar-refractivity contribution in [2.75, 3.05) is 0 Å². The van der Waals surface area contributed by atoms with Crippen molar-refractivity contribution < 1.29 is 14.0 Å². The Bertz CT molecular complexity index is 1770. The molecule has 0 unspecified atom stereocenters. The van der Waals surface area contributed by atoms with Crippen LogP contribution in [0.25, 0.3) is 34.2 Å². The lowest BCUT2D eigenvalue weighted by molar-refractivity contribution is 0.0990. The third-order valence-corrected chi connectivity index (χ3v) is 7.59. The van der Waals surface area contributed by atoms with Gasteiger partial charge in [-0.1, -0.05) is 93.9 Å². The quantitative estimate of drug-likeness (QED) is 0.174. The molecule has 3 aromatic carbocycles. The van der Waals surface area contributed by atoms with E-state index < -0.39 is 0 Å². The average molecular weight is 514 g/mol. The largest absolute Gasteiger partial charge is 0.454 e. The summed E-state index contributed by atoms with van der Waals surface area (Å²) in [6.07, 6.45) is 1.75. The van der Waals surface area contributed by atoms with Crippen molar-refractivity contribution in [3.63, 3.8) is 0 Å². The van der Waals surface area contributed by atoms with Gasteiger partial charge in [-0.3, -0.25) is 9.59 Å². The van der Waals surface area contributed by atoms with Crippen LogP contribution in [0.3, 0.4) is 0 Å². The maximum Gasteiger partial charge on any atom is 0.197 e. The van der Waals surface area contributed by atoms with Crippen molar-refractivity contribution in [1.29, 1.82) is 0 Å². The van der Waals surface area contributed by atoms with Crippen LogP contribution >= 0.6 is 0 Å². The van der Waals surface area contributed by atoms with Crippen molar-refractivity contribution in [1.82, 2.24) is 4.57 Å². The molecular weight excluding hydrogens is 482 g/mol. The minimum atomic E-state index is -0.231. The summed E-state index contributed by atoms with van der Waals surface area (Å²) in [5, 5.41) is 0. The van der Waals surface area contributed by atoms with Gasteiger partial charge in [0.1, 0.15) is 5.76 Å². The van der Waals surface area contributed by atoms with Crippen LogP contribution in [-0.4, -0.2) is 16.1 Å². The third kappa shape index (κ3) is 4.08. The summed E-state index contributed by atoms with van der Waals surface area (Å²) in [4.78, 5) is 26.8. The fourth-order valence-corrected chi connectivity index (χ4v) is 5.60. The third-order valence-electron chi connectivity index (χ3n) is 7.59. The molecule has 0 atom stereocenters. The summed E-state index contributed by atoms with van der Waals surface area (Å²) in [5.41, 5.74) is 8.92. The van der Waals surface area contributed by atoms with E-state index in [4.69, 9.17) is 4.42 Å². The number of hydrogen-bond acceptors (Lipinski definition) is 3. The standard InChI is InChI=1S/C35H31NO3/c1-20(2)25-12-9-13-26(21(3)4)33(25)36-24(17-29-34(37)27-15-14-22(5)16-28(27)35(29)38)18-32-30(36)19-31(39-32)23-10-7-6-8-11-23/h6-21H,1-5H3/b29-17-. The lowest BCUT2D eigenvalue weighted by Gasteiger charge is -2.22. The topological polar surface area (TPSA) is 52.2 Å². The molecule has 0 saturated carbocycles. The monoisotopic (exact) mass is 513 g/mol. The van der Waals surface area contributed by atoms with Gasteiger partial charge in [0.25, 0.3) is 0 Å². The number of furan rings is 1. The number of para-hydroxylation sites is 1. The number of aryl methyl sites for hydroxylation is 1. The molecule has 0 aliphatic heterocycles. The molecule has 2 aromatic heterocycles. The van der Waals surface area contributed by atoms with Crippen molar-refractivity contribution in [3.05, 3.63) is 118 Å². The number of ketones is 2. The van der Waals surface area contributed by atoms with Crippen LogP contribution in [0.4, 0.5) is 0 Å². The van der Waals surface area contributed by atoms with Crippen molar-refractivity contribution in [3.8, 4) is 17.0 Å². The van der Waals surface area contributed by atoms with E-state index in [0.717, 1.165) is 33.8 Å². The molecule has 0 N–H and O–H groups in total. The normalized spacial score (nSPS) is 14.4. The molecule has 5 aromatic rings. The van der Waals surface area contributed by atoms with Crippen LogP contribution in [0.15, 0.2) is 88.9 Å². The van der Waals surface area contributed by atoms with Crippen LogP contribution < -0.4 is 0 Å². The molecule has 4 nitrogen and oxygen atoms in total. The SMILES string of the molecule is Cc1ccc2c(c1)C(=O)/C(=C\c1cc3oc(-c4ccccc4)cc3n1-c1c(C(C)C)cccc1C(C)C)C2=O. The zero-order valence-electron chi connectivity index (χ0n) is 22.9. The average Bonchev–Trinajstić information content (AvgIpc) is 3.55. The predicted octanol–water partition coefficient (Wildman–Crippen LogP) is 8.91. The molecule has 0 radical (unpaired) electrons. The number of allylic oxidation sites excluding steroid dienone is 1. The molecule has 2 heterocycles. The van der Waals surface area contributed by atoms with E-state index >= 15 is 0 Å². The van der Waals surface area contributed by atoms with Crippen LogP contribution in [0.1, 0.15) is 82.6 Å². The smallest absolute Gasteiger partial charge is 0.197 e. The minimum absolute atomic E-state index is 0.188. The van der Waals surface area contributed by atoms with Gasteiger partial charge in [-0.25, -0.2) is 0 Å². The Hall–Kier alpha value is -4.44. The maximum absolute atomic E-state index is 13.4. The van der Waals surface area contributed by atoms with Crippen LogP contribution in [0.2, 0.25) is 0 Å². The van der Waals surface area contributed by atoms with Crippen LogP contribution in [-0.2, 0) is 0 Å². The Morgan fingerprint density at radius 3 is 2.08 bits per heavy atom. The Morgan fingerprint density at radius 2 is 1.41 bits per heavy atom. The number of aromatic nitrogens is 1. The van der Waals surface area contributed by atoms with Crippen LogP contribution in [0, 0.1) is 6.92 Å². The lowest BCUT2D eigenvalue weighted by atomic mass is 9.92. The molecule has 1 aliphatic carbocycles. The van der Waals surface area contributed by atoms with E-state index in [-0.39, 0.29) is 29.0 Å². The van der Waals surface area contributed by atoms with E-state index in [2.05, 4.69) is 56.5 Å². The summed E-state index contributed by atoms with van der Waals surface area (Å²) in [7, 11) is 0. The molecule has 0 bridgehead atoms. The molecule has 0 spiro atoms. The van der Waals surface area contributed by atoms with Gasteiger partial charge >= 0.3 is 0 Å². The molecule has 6 rings (SSSR count). The Balaban J connectivity index is 1.64. The molecule has 0 fully saturated rings. The highest BCUT2D eigenvalue weighted by Crippen LogP contribution is 2.39. The molecule has 0 amide bonds. The van der Waals surface area contributed by atoms with Gasteiger partial charge in [-0.05, 0) is 42.0 Å². The lowest BCUT2D eigenvalue weighted by Crippen LogP contribution is -2.09. The molecular formula is C35H31NO3. The number of carbonyl (C=O) groups excluding carboxylic acids is 2. The van der Waals surface area contributed by atoms with E-state index in [1.165, 1.54) is 11.1 Å². The first kappa shape index (κ1) is 24.9. The fourth-order valence-electron chi connectivity index (χ4n) is 5.60. The first-order valence-corrected chi connectivity index (χ1v) is 13.5. The summed E-state index contributed by atoms with van der Waals surface area (Å²) >= 11 is 0. The second-order valence-corrected chi connectivity index (χ2v) is 11.0. The van der Waals surface area contributed by atoms with E-state index in [9.17, 15) is 9.59 Å². The second kappa shape index (κ2) is 9.39. The van der Waals surface area contributed by atoms with Crippen molar-refractivity contribution in [2.45, 2.75) is 46.5 Å². The summed E-state index contributed by atoms with van der Waals surface area (Å²) < 4.78 is 8.55. The highest BCUT2D eigenvalue weighted by molar-refractivity contribution is 6.41. The number of benzene rings is 3. The van der Waals surface area contributed by atoms with Gasteiger partial charge in [-0.2, -0.15) is 0 Å². The Morgan fingerprint density at radius 1 is 0.744 bits per heavy atom. The number of nitrogens with zero attached hydrogens (tertiary/aromatic N) is 1. The van der Waals surface area contributed by atoms with E-state index in [1.54, 1.807) is 18.2 Å². The van der Waals surface area contributed by atoms with E-state index in [1.807, 2.05) is 49.4 Å². The maximum atomic E-state index is 13.4. The second-order valence-electron chi connectivity index (χ2n) is 11.0. The highest BCUT2D eigenvalue weighted by atomic mass is 16.3. The zero-order chi connectivity index (χ0) is 27.4. The van der Waals surface area contributed by atoms with Gasteiger partial charge in [0.05, 0.1) is 22.5 Å². The van der Waals surface area contributed by atoms with E-state index in [0.29, 0.717) is 16.7 Å². The first-order valence-electron chi connectivity index (χ1n) is 13.5. The van der Waals surface area contributed by atoms with Crippen LogP contribution in [0.5, 0.6) is 0 Å². The minimum Gasteiger partial charge on any atom is -0.454 e. The Kier molecular flexibility index (Phi) is 5.99. The number of hydrogen-bond donors (Lipinski definition) is 0. The number of carbonyl (C=O) groups is 2. The first-order chi connectivity index (χ1) is 18.7. The summed E-state index contributed by atoms with van der Waals surface area (Å²) in [6, 6.07) is 25.9. The number of rotatable bonds is 5. The van der Waals surface area contributed by atoms with Crippen molar-refractivity contribution in [2.24, 2.45) is 0 Å². The number of fused-ring (bicyclic) bond motifs is 2. The Labute approximate surface area is 228 Å². The molecule has 39 heavy (non-hydrogen) atoms. The molecule has 0 saturated heterocycles. The molecule has 1 aliphatic rings. The van der Waals surface area contributed by atoms with Gasteiger partial charge in [0, 0.05) is 28.8 Å². The summed E-state index contributed by atoms with van der Waals surface area (Å²) in [5.74, 6) is 0.843.